The molecular formula is C5H5NO3. The minimum atomic E-state index is -0.807. The van der Waals surface area contributed by atoms with Crippen molar-refractivity contribution in [3.8, 4) is 0 Å². The fourth-order valence-corrected chi connectivity index (χ4v) is 0.591. The van der Waals surface area contributed by atoms with Crippen LogP contribution >= 0.6 is 0 Å². The second-order valence-electron chi connectivity index (χ2n) is 1.58. The molecule has 0 aromatic heterocycles. The predicted molar refractivity (Wildman–Crippen MR) is 29.9 cm³/mol. The van der Waals surface area contributed by atoms with E-state index in [4.69, 9.17) is 0 Å². The van der Waals surface area contributed by atoms with Gasteiger partial charge >= 0.3 is 0 Å². The molecule has 0 unspecified atom stereocenters. The van der Waals surface area contributed by atoms with E-state index in [2.05, 4.69) is 4.84 Å². The highest BCUT2D eigenvalue weighted by atomic mass is 17.0. The lowest BCUT2D eigenvalue weighted by atomic mass is 10.4. The maximum Gasteiger partial charge on any atom is 0.299 e. The zero-order valence-electron chi connectivity index (χ0n) is 4.61. The SMILES string of the molecule is O=[N+]([O-])OC1=CC=CC1. The number of nitrogens with zero attached hydrogens (tertiary/aromatic N) is 1. The van der Waals surface area contributed by atoms with Crippen molar-refractivity contribution in [2.45, 2.75) is 6.42 Å². The lowest BCUT2D eigenvalue weighted by Gasteiger charge is -1.93. The zero-order valence-corrected chi connectivity index (χ0v) is 4.61. The Labute approximate surface area is 51.5 Å². The van der Waals surface area contributed by atoms with Crippen molar-refractivity contribution in [1.82, 2.24) is 0 Å². The lowest BCUT2D eigenvalue weighted by molar-refractivity contribution is -0.743. The summed E-state index contributed by atoms with van der Waals surface area (Å²) in [7, 11) is 0. The van der Waals surface area contributed by atoms with Crippen molar-refractivity contribution in [2.75, 3.05) is 0 Å². The molecule has 0 saturated carbocycles. The largest absolute Gasteiger partial charge is 0.299 e. The van der Waals surface area contributed by atoms with Gasteiger partial charge in [0.1, 0.15) is 5.76 Å². The second-order valence-corrected chi connectivity index (χ2v) is 1.58. The number of rotatable bonds is 2. The molecule has 0 saturated heterocycles. The minimum Gasteiger partial charge on any atom is -0.280 e. The van der Waals surface area contributed by atoms with E-state index in [1.54, 1.807) is 18.2 Å². The van der Waals surface area contributed by atoms with Crippen LogP contribution in [0.5, 0.6) is 0 Å². The van der Waals surface area contributed by atoms with E-state index in [9.17, 15) is 10.1 Å². The van der Waals surface area contributed by atoms with Gasteiger partial charge < -0.3 is 0 Å². The molecule has 4 nitrogen and oxygen atoms in total. The smallest absolute Gasteiger partial charge is 0.280 e. The molecule has 0 fully saturated rings. The highest BCUT2D eigenvalue weighted by molar-refractivity contribution is 5.17. The molecule has 48 valence electrons. The van der Waals surface area contributed by atoms with E-state index in [0.29, 0.717) is 12.2 Å². The van der Waals surface area contributed by atoms with E-state index in [1.807, 2.05) is 0 Å². The van der Waals surface area contributed by atoms with Gasteiger partial charge in [0, 0.05) is 6.42 Å². The number of hydrogen-bond donors (Lipinski definition) is 0. The summed E-state index contributed by atoms with van der Waals surface area (Å²) in [6.45, 7) is 0. The molecular weight excluding hydrogens is 122 g/mol. The van der Waals surface area contributed by atoms with Crippen LogP contribution in [0.4, 0.5) is 0 Å². The maximum absolute atomic E-state index is 9.67. The third kappa shape index (κ3) is 1.56. The normalized spacial score (nSPS) is 15.3. The monoisotopic (exact) mass is 127 g/mol. The van der Waals surface area contributed by atoms with Crippen molar-refractivity contribution in [3.63, 3.8) is 0 Å². The molecule has 4 heteroatoms. The van der Waals surface area contributed by atoms with Gasteiger partial charge in [0.05, 0.1) is 0 Å². The van der Waals surface area contributed by atoms with Crippen molar-refractivity contribution < 1.29 is 9.92 Å². The molecule has 0 N–H and O–H groups in total. The molecule has 0 radical (unpaired) electrons. The first-order valence-electron chi connectivity index (χ1n) is 2.47. The van der Waals surface area contributed by atoms with Gasteiger partial charge in [-0.2, -0.15) is 0 Å². The molecule has 0 bridgehead atoms. The maximum atomic E-state index is 9.67. The topological polar surface area (TPSA) is 52.4 Å². The highest BCUT2D eigenvalue weighted by Gasteiger charge is 2.02. The molecule has 1 rings (SSSR count). The molecule has 0 aromatic carbocycles. The van der Waals surface area contributed by atoms with Gasteiger partial charge in [0.15, 0.2) is 0 Å². The molecule has 0 aromatic rings. The first-order chi connectivity index (χ1) is 4.29. The Morgan fingerprint density at radius 1 is 1.78 bits per heavy atom. The van der Waals surface area contributed by atoms with E-state index < -0.39 is 5.09 Å². The van der Waals surface area contributed by atoms with E-state index in [0.717, 1.165) is 0 Å². The van der Waals surface area contributed by atoms with Gasteiger partial charge in [-0.15, -0.1) is 10.1 Å². The molecule has 1 aliphatic carbocycles. The molecule has 0 amide bonds. The highest BCUT2D eigenvalue weighted by Crippen LogP contribution is 2.10. The summed E-state index contributed by atoms with van der Waals surface area (Å²) in [6.07, 6.45) is 5.61. The summed E-state index contributed by atoms with van der Waals surface area (Å²) in [6, 6.07) is 0. The van der Waals surface area contributed by atoms with Crippen LogP contribution in [0.25, 0.3) is 0 Å². The van der Waals surface area contributed by atoms with E-state index >= 15 is 0 Å². The van der Waals surface area contributed by atoms with Crippen LogP contribution in [0.2, 0.25) is 0 Å². The number of hydrogen-bond acceptors (Lipinski definition) is 3. The first-order valence-corrected chi connectivity index (χ1v) is 2.47. The minimum absolute atomic E-state index is 0.389. The molecule has 1 aliphatic rings. The Morgan fingerprint density at radius 2 is 2.56 bits per heavy atom. The van der Waals surface area contributed by atoms with E-state index in [1.165, 1.54) is 0 Å². The van der Waals surface area contributed by atoms with Crippen LogP contribution in [0.3, 0.4) is 0 Å². The lowest BCUT2D eigenvalue weighted by Crippen LogP contribution is -1.97. The van der Waals surface area contributed by atoms with Gasteiger partial charge in [0.25, 0.3) is 5.09 Å². The van der Waals surface area contributed by atoms with Gasteiger partial charge in [-0.3, -0.25) is 4.84 Å². The first kappa shape index (κ1) is 5.81. The Hall–Kier alpha value is -1.32. The average Bonchev–Trinajstić information content (AvgIpc) is 2.15. The summed E-state index contributed by atoms with van der Waals surface area (Å²) < 4.78 is 0. The van der Waals surface area contributed by atoms with Crippen LogP contribution in [-0.2, 0) is 4.84 Å². The Morgan fingerprint density at radius 3 is 3.00 bits per heavy atom. The second kappa shape index (κ2) is 2.30. The molecule has 0 aliphatic heterocycles. The quantitative estimate of drug-likeness (QED) is 0.411. The number of allylic oxidation sites excluding steroid dienone is 3. The third-order valence-electron chi connectivity index (χ3n) is 0.929. The van der Waals surface area contributed by atoms with Gasteiger partial charge in [-0.05, 0) is 6.08 Å². The summed E-state index contributed by atoms with van der Waals surface area (Å²) in [4.78, 5) is 13.8. The van der Waals surface area contributed by atoms with Crippen molar-refractivity contribution >= 4 is 0 Å². The molecule has 0 heterocycles. The molecule has 9 heavy (non-hydrogen) atoms. The third-order valence-corrected chi connectivity index (χ3v) is 0.929. The Bertz CT molecular complexity index is 183. The fourth-order valence-electron chi connectivity index (χ4n) is 0.591. The fraction of sp³-hybridized carbons (Fsp3) is 0.200. The standard InChI is InChI=1S/C5H5NO3/c7-6(8)9-5-3-1-2-4-5/h1-3H,4H2. The average molecular weight is 127 g/mol. The summed E-state index contributed by atoms with van der Waals surface area (Å²) in [5.41, 5.74) is 0. The summed E-state index contributed by atoms with van der Waals surface area (Å²) in [5, 5.41) is 8.86. The van der Waals surface area contributed by atoms with Crippen molar-refractivity contribution in [2.24, 2.45) is 0 Å². The van der Waals surface area contributed by atoms with Gasteiger partial charge in [-0.1, -0.05) is 12.2 Å². The summed E-state index contributed by atoms with van der Waals surface area (Å²) >= 11 is 0. The molecule has 0 spiro atoms. The van der Waals surface area contributed by atoms with Gasteiger partial charge in [0.2, 0.25) is 0 Å². The van der Waals surface area contributed by atoms with Crippen LogP contribution < -0.4 is 0 Å². The molecule has 0 atom stereocenters. The van der Waals surface area contributed by atoms with Crippen LogP contribution in [-0.4, -0.2) is 5.09 Å². The van der Waals surface area contributed by atoms with Crippen LogP contribution in [0, 0.1) is 10.1 Å². The Balaban J connectivity index is 2.39. The van der Waals surface area contributed by atoms with Crippen molar-refractivity contribution in [3.05, 3.63) is 34.1 Å². The van der Waals surface area contributed by atoms with Crippen molar-refractivity contribution in [1.29, 1.82) is 0 Å². The summed E-state index contributed by atoms with van der Waals surface area (Å²) in [5.74, 6) is 0.389. The predicted octanol–water partition coefficient (Wildman–Crippen LogP) is 1.04. The Kier molecular flexibility index (Phi) is 1.48. The van der Waals surface area contributed by atoms with E-state index in [-0.39, 0.29) is 0 Å². The van der Waals surface area contributed by atoms with Crippen LogP contribution in [0.15, 0.2) is 24.0 Å². The zero-order chi connectivity index (χ0) is 6.69. The van der Waals surface area contributed by atoms with Crippen LogP contribution in [0.1, 0.15) is 6.42 Å². The van der Waals surface area contributed by atoms with Gasteiger partial charge in [-0.25, -0.2) is 0 Å².